The molecular formula is C27H31N3O2. The number of ether oxygens (including phenoxy) is 1. The number of likely N-dealkylation sites (tertiary alicyclic amines) is 1. The molecule has 2 aliphatic heterocycles. The summed E-state index contributed by atoms with van der Waals surface area (Å²) in [4.78, 5) is 20.3. The molecule has 0 aliphatic carbocycles. The van der Waals surface area contributed by atoms with Crippen LogP contribution in [0.2, 0.25) is 0 Å². The molecule has 2 heterocycles. The topological polar surface area (TPSA) is 36.0 Å². The van der Waals surface area contributed by atoms with Gasteiger partial charge in [-0.15, -0.1) is 0 Å². The van der Waals surface area contributed by atoms with Gasteiger partial charge in [-0.3, -0.25) is 9.69 Å². The van der Waals surface area contributed by atoms with Crippen LogP contribution in [0.4, 0.5) is 5.69 Å². The number of para-hydroxylation sites is 2. The average molecular weight is 430 g/mol. The van der Waals surface area contributed by atoms with Gasteiger partial charge in [0.05, 0.1) is 12.8 Å². The molecule has 0 unspecified atom stereocenters. The second kappa shape index (κ2) is 9.21. The minimum absolute atomic E-state index is 0.168. The van der Waals surface area contributed by atoms with Crippen molar-refractivity contribution in [3.05, 3.63) is 72.3 Å². The van der Waals surface area contributed by atoms with Crippen LogP contribution in [-0.2, 0) is 0 Å². The molecule has 0 atom stereocenters. The zero-order valence-corrected chi connectivity index (χ0v) is 18.7. The van der Waals surface area contributed by atoms with Crippen molar-refractivity contribution in [2.45, 2.75) is 18.9 Å². The van der Waals surface area contributed by atoms with E-state index in [-0.39, 0.29) is 5.91 Å². The molecule has 5 rings (SSSR count). The number of methoxy groups -OCH3 is 1. The molecule has 2 fully saturated rings. The normalized spacial score (nSPS) is 18.2. The molecule has 1 amide bonds. The predicted octanol–water partition coefficient (Wildman–Crippen LogP) is 4.28. The largest absolute Gasteiger partial charge is 0.495 e. The SMILES string of the molecule is COc1ccccc1N1CCN(C2CCN(C(=O)c3cccc4ccccc34)CC2)CC1. The highest BCUT2D eigenvalue weighted by Crippen LogP contribution is 2.29. The smallest absolute Gasteiger partial charge is 0.254 e. The van der Waals surface area contributed by atoms with E-state index >= 15 is 0 Å². The van der Waals surface area contributed by atoms with Crippen LogP contribution in [-0.4, -0.2) is 68.1 Å². The fourth-order valence-corrected chi connectivity index (χ4v) is 5.24. The summed E-state index contributed by atoms with van der Waals surface area (Å²) in [5.74, 6) is 1.11. The number of nitrogens with zero attached hydrogens (tertiary/aromatic N) is 3. The maximum Gasteiger partial charge on any atom is 0.254 e. The Morgan fingerprint density at radius 3 is 2.28 bits per heavy atom. The number of hydrogen-bond acceptors (Lipinski definition) is 4. The lowest BCUT2D eigenvalue weighted by molar-refractivity contribution is 0.0613. The zero-order valence-electron chi connectivity index (χ0n) is 18.7. The minimum Gasteiger partial charge on any atom is -0.495 e. The summed E-state index contributed by atoms with van der Waals surface area (Å²) >= 11 is 0. The third-order valence-corrected chi connectivity index (χ3v) is 7.03. The first-order valence-corrected chi connectivity index (χ1v) is 11.6. The Labute approximate surface area is 190 Å². The Bertz CT molecular complexity index is 1080. The van der Waals surface area contributed by atoms with E-state index in [1.165, 1.54) is 5.69 Å². The van der Waals surface area contributed by atoms with E-state index in [4.69, 9.17) is 4.74 Å². The number of piperidine rings is 1. The highest BCUT2D eigenvalue weighted by atomic mass is 16.5. The van der Waals surface area contributed by atoms with Crippen LogP contribution >= 0.6 is 0 Å². The molecule has 0 saturated carbocycles. The van der Waals surface area contributed by atoms with Crippen molar-refractivity contribution in [2.75, 3.05) is 51.3 Å². The lowest BCUT2D eigenvalue weighted by Gasteiger charge is -2.43. The minimum atomic E-state index is 0.168. The van der Waals surface area contributed by atoms with Gasteiger partial charge in [-0.1, -0.05) is 48.5 Å². The summed E-state index contributed by atoms with van der Waals surface area (Å²) in [7, 11) is 1.74. The fraction of sp³-hybridized carbons (Fsp3) is 0.370. The Morgan fingerprint density at radius 2 is 1.50 bits per heavy atom. The molecule has 3 aromatic rings. The van der Waals surface area contributed by atoms with Gasteiger partial charge in [0.15, 0.2) is 0 Å². The van der Waals surface area contributed by atoms with Gasteiger partial charge in [0, 0.05) is 50.9 Å². The maximum atomic E-state index is 13.3. The van der Waals surface area contributed by atoms with Gasteiger partial charge in [-0.2, -0.15) is 0 Å². The number of carbonyl (C=O) groups excluding carboxylic acids is 1. The van der Waals surface area contributed by atoms with Crippen LogP contribution in [0.1, 0.15) is 23.2 Å². The second-order valence-electron chi connectivity index (χ2n) is 8.74. The van der Waals surface area contributed by atoms with Crippen molar-refractivity contribution in [2.24, 2.45) is 0 Å². The molecule has 5 nitrogen and oxygen atoms in total. The number of anilines is 1. The van der Waals surface area contributed by atoms with Gasteiger partial charge in [-0.25, -0.2) is 0 Å². The number of amides is 1. The van der Waals surface area contributed by atoms with Crippen molar-refractivity contribution in [3.8, 4) is 5.75 Å². The van der Waals surface area contributed by atoms with Crippen LogP contribution < -0.4 is 9.64 Å². The van der Waals surface area contributed by atoms with Crippen molar-refractivity contribution >= 4 is 22.4 Å². The average Bonchev–Trinajstić information content (AvgIpc) is 2.88. The van der Waals surface area contributed by atoms with E-state index < -0.39 is 0 Å². The van der Waals surface area contributed by atoms with Gasteiger partial charge < -0.3 is 14.5 Å². The molecule has 0 spiro atoms. The zero-order chi connectivity index (χ0) is 21.9. The number of benzene rings is 3. The first-order chi connectivity index (χ1) is 15.7. The van der Waals surface area contributed by atoms with Crippen LogP contribution in [0.5, 0.6) is 5.75 Å². The first-order valence-electron chi connectivity index (χ1n) is 11.6. The lowest BCUT2D eigenvalue weighted by Crippen LogP contribution is -2.53. The summed E-state index contributed by atoms with van der Waals surface area (Å²) < 4.78 is 5.55. The summed E-state index contributed by atoms with van der Waals surface area (Å²) in [6.07, 6.45) is 2.09. The van der Waals surface area contributed by atoms with Gasteiger partial charge in [0.25, 0.3) is 5.91 Å². The Kier molecular flexibility index (Phi) is 5.99. The van der Waals surface area contributed by atoms with E-state index in [9.17, 15) is 4.79 Å². The molecule has 0 bridgehead atoms. The highest BCUT2D eigenvalue weighted by Gasteiger charge is 2.30. The molecule has 2 saturated heterocycles. The molecule has 2 aliphatic rings. The molecule has 5 heteroatoms. The third-order valence-electron chi connectivity index (χ3n) is 7.03. The van der Waals surface area contributed by atoms with Crippen molar-refractivity contribution in [3.63, 3.8) is 0 Å². The molecule has 0 radical (unpaired) electrons. The van der Waals surface area contributed by atoms with E-state index in [1.807, 2.05) is 41.3 Å². The number of piperazine rings is 1. The van der Waals surface area contributed by atoms with Crippen molar-refractivity contribution < 1.29 is 9.53 Å². The first kappa shape index (κ1) is 20.8. The number of rotatable bonds is 4. The number of fused-ring (bicyclic) bond motifs is 1. The van der Waals surface area contributed by atoms with E-state index in [0.29, 0.717) is 6.04 Å². The van der Waals surface area contributed by atoms with Crippen LogP contribution in [0, 0.1) is 0 Å². The highest BCUT2D eigenvalue weighted by molar-refractivity contribution is 6.07. The standard InChI is InChI=1S/C27H31N3O2/c1-32-26-12-5-4-11-25(26)29-19-17-28(18-20-29)22-13-15-30(16-14-22)27(31)24-10-6-8-21-7-2-3-9-23(21)24/h2-12,22H,13-20H2,1H3. The van der Waals surface area contributed by atoms with E-state index in [2.05, 4.69) is 40.1 Å². The summed E-state index contributed by atoms with van der Waals surface area (Å²) in [5, 5.41) is 2.18. The molecule has 3 aromatic carbocycles. The Hall–Kier alpha value is -3.05. The van der Waals surface area contributed by atoms with Crippen molar-refractivity contribution in [1.29, 1.82) is 0 Å². The van der Waals surface area contributed by atoms with Crippen LogP contribution in [0.3, 0.4) is 0 Å². The maximum absolute atomic E-state index is 13.3. The fourth-order valence-electron chi connectivity index (χ4n) is 5.24. The van der Waals surface area contributed by atoms with Crippen molar-refractivity contribution in [1.82, 2.24) is 9.80 Å². The van der Waals surface area contributed by atoms with E-state index in [0.717, 1.165) is 74.2 Å². The molecule has 166 valence electrons. The predicted molar refractivity (Wildman–Crippen MR) is 130 cm³/mol. The van der Waals surface area contributed by atoms with E-state index in [1.54, 1.807) is 7.11 Å². The quantitative estimate of drug-likeness (QED) is 0.620. The summed E-state index contributed by atoms with van der Waals surface area (Å²) in [6, 6.07) is 23.0. The number of hydrogen-bond donors (Lipinski definition) is 0. The number of carbonyl (C=O) groups is 1. The summed E-state index contributed by atoms with van der Waals surface area (Å²) in [6.45, 7) is 5.80. The molecule has 32 heavy (non-hydrogen) atoms. The van der Waals surface area contributed by atoms with Gasteiger partial charge in [0.1, 0.15) is 5.75 Å². The van der Waals surface area contributed by atoms with Gasteiger partial charge in [-0.05, 0) is 41.8 Å². The molecular weight excluding hydrogens is 398 g/mol. The lowest BCUT2D eigenvalue weighted by atomic mass is 9.99. The summed E-state index contributed by atoms with van der Waals surface area (Å²) in [5.41, 5.74) is 2.01. The van der Waals surface area contributed by atoms with Crippen LogP contribution in [0.15, 0.2) is 66.7 Å². The third kappa shape index (κ3) is 4.05. The monoisotopic (exact) mass is 429 g/mol. The van der Waals surface area contributed by atoms with Crippen LogP contribution in [0.25, 0.3) is 10.8 Å². The Balaban J connectivity index is 1.18. The van der Waals surface area contributed by atoms with Gasteiger partial charge in [0.2, 0.25) is 0 Å². The van der Waals surface area contributed by atoms with Gasteiger partial charge >= 0.3 is 0 Å². The Morgan fingerprint density at radius 1 is 0.812 bits per heavy atom. The molecule has 0 aromatic heterocycles. The molecule has 0 N–H and O–H groups in total. The second-order valence-corrected chi connectivity index (χ2v) is 8.74.